The standard InChI is InChI=1S/C33H35N3O4SSi/c1-39-33(38)29-31(34-28(23-13-7-5-8-14-23)24-15-9-6-10-16-24)41-32(35-29)30(37)26-21-36(22-40-19-20-42(2,3)4)27-18-12-11-17-25(26)27/h5-18,21,30,37H,19-20,22H2,1-4H3. The summed E-state index contributed by atoms with van der Waals surface area (Å²) in [7, 11) is 0.109. The zero-order valence-electron chi connectivity index (χ0n) is 24.3. The first-order chi connectivity index (χ1) is 20.2. The van der Waals surface area contributed by atoms with Gasteiger partial charge in [-0.2, -0.15) is 0 Å². The highest BCUT2D eigenvalue weighted by molar-refractivity contribution is 7.16. The number of aliphatic hydroxyl groups is 1. The first-order valence-electron chi connectivity index (χ1n) is 13.9. The number of ether oxygens (including phenoxy) is 2. The fourth-order valence-corrected chi connectivity index (χ4v) is 6.31. The molecule has 3 aromatic carbocycles. The molecule has 5 rings (SSSR count). The second-order valence-corrected chi connectivity index (χ2v) is 17.8. The van der Waals surface area contributed by atoms with E-state index in [0.717, 1.165) is 28.1 Å². The quantitative estimate of drug-likeness (QED) is 0.0740. The minimum atomic E-state index is -1.21. The number of aliphatic hydroxyl groups excluding tert-OH is 1. The highest BCUT2D eigenvalue weighted by atomic mass is 32.1. The van der Waals surface area contributed by atoms with Gasteiger partial charge in [0, 0.05) is 43.0 Å². The first-order valence-corrected chi connectivity index (χ1v) is 18.4. The van der Waals surface area contributed by atoms with E-state index in [1.807, 2.05) is 95.7 Å². The van der Waals surface area contributed by atoms with Gasteiger partial charge in [0.15, 0.2) is 10.7 Å². The number of methoxy groups -OCH3 is 1. The molecule has 1 atom stereocenters. The molecule has 0 fully saturated rings. The number of nitrogens with zero attached hydrogens (tertiary/aromatic N) is 3. The molecule has 0 amide bonds. The molecule has 0 aliphatic carbocycles. The Morgan fingerprint density at radius 1 is 0.976 bits per heavy atom. The van der Waals surface area contributed by atoms with Gasteiger partial charge in [0.2, 0.25) is 0 Å². The highest BCUT2D eigenvalue weighted by Crippen LogP contribution is 2.38. The third-order valence-corrected chi connectivity index (χ3v) is 9.59. The van der Waals surface area contributed by atoms with Crippen molar-refractivity contribution < 1.29 is 19.4 Å². The number of aromatic nitrogens is 2. The first kappa shape index (κ1) is 29.6. The fourth-order valence-electron chi connectivity index (χ4n) is 4.61. The number of carbonyl (C=O) groups is 1. The van der Waals surface area contributed by atoms with E-state index in [-0.39, 0.29) is 5.69 Å². The predicted molar refractivity (Wildman–Crippen MR) is 172 cm³/mol. The van der Waals surface area contributed by atoms with Gasteiger partial charge in [0.25, 0.3) is 0 Å². The van der Waals surface area contributed by atoms with Crippen LogP contribution < -0.4 is 0 Å². The minimum absolute atomic E-state index is 0.0688. The number of aliphatic imine (C=N–C) groups is 1. The SMILES string of the molecule is COC(=O)c1nc(C(O)c2cn(COCC[Si](C)(C)C)c3ccccc23)sc1N=C(c1ccccc1)c1ccccc1. The van der Waals surface area contributed by atoms with Crippen molar-refractivity contribution >= 4 is 47.0 Å². The Hall–Kier alpha value is -3.89. The molecule has 0 radical (unpaired) electrons. The van der Waals surface area contributed by atoms with E-state index < -0.39 is 20.1 Å². The van der Waals surface area contributed by atoms with Gasteiger partial charge in [-0.05, 0) is 12.1 Å². The lowest BCUT2D eigenvalue weighted by atomic mass is 10.0. The van der Waals surface area contributed by atoms with Crippen molar-refractivity contribution in [3.8, 4) is 0 Å². The molecule has 2 heterocycles. The summed E-state index contributed by atoms with van der Waals surface area (Å²) >= 11 is 1.18. The topological polar surface area (TPSA) is 85.9 Å². The maximum absolute atomic E-state index is 12.8. The maximum Gasteiger partial charge on any atom is 0.359 e. The zero-order valence-corrected chi connectivity index (χ0v) is 26.1. The van der Waals surface area contributed by atoms with Crippen LogP contribution in [0.15, 0.2) is 96.1 Å². The summed E-state index contributed by atoms with van der Waals surface area (Å²) in [5, 5.41) is 13.3. The van der Waals surface area contributed by atoms with Crippen LogP contribution in [0.25, 0.3) is 10.9 Å². The number of hydrogen-bond donors (Lipinski definition) is 1. The van der Waals surface area contributed by atoms with Gasteiger partial charge in [-0.25, -0.2) is 14.8 Å². The van der Waals surface area contributed by atoms with E-state index in [2.05, 4.69) is 24.6 Å². The summed E-state index contributed by atoms with van der Waals surface area (Å²) in [5.74, 6) is -0.609. The van der Waals surface area contributed by atoms with Crippen LogP contribution in [-0.2, 0) is 16.2 Å². The van der Waals surface area contributed by atoms with Crippen molar-refractivity contribution in [1.29, 1.82) is 0 Å². The Labute approximate surface area is 251 Å². The number of thiazole rings is 1. The molecule has 9 heteroatoms. The Kier molecular flexibility index (Phi) is 9.13. The molecule has 42 heavy (non-hydrogen) atoms. The summed E-state index contributed by atoms with van der Waals surface area (Å²) in [6.07, 6.45) is 0.832. The summed E-state index contributed by atoms with van der Waals surface area (Å²) in [6.45, 7) is 8.06. The Morgan fingerprint density at radius 2 is 1.60 bits per heavy atom. The van der Waals surface area contributed by atoms with E-state index in [1.165, 1.54) is 18.4 Å². The third kappa shape index (κ3) is 6.76. The lowest BCUT2D eigenvalue weighted by Crippen LogP contribution is -2.21. The average molecular weight is 598 g/mol. The largest absolute Gasteiger partial charge is 0.464 e. The molecule has 216 valence electrons. The van der Waals surface area contributed by atoms with Crippen molar-refractivity contribution in [2.75, 3.05) is 13.7 Å². The van der Waals surface area contributed by atoms with Crippen LogP contribution in [-0.4, -0.2) is 48.1 Å². The lowest BCUT2D eigenvalue weighted by molar-refractivity contribution is 0.0595. The Bertz CT molecular complexity index is 1650. The molecule has 7 nitrogen and oxygen atoms in total. The van der Waals surface area contributed by atoms with Crippen LogP contribution in [0.1, 0.15) is 38.3 Å². The molecule has 0 saturated heterocycles. The van der Waals surface area contributed by atoms with Crippen LogP contribution in [0.5, 0.6) is 0 Å². The Balaban J connectivity index is 1.54. The summed E-state index contributed by atoms with van der Waals surface area (Å²) < 4.78 is 13.1. The minimum Gasteiger partial charge on any atom is -0.464 e. The van der Waals surface area contributed by atoms with E-state index in [1.54, 1.807) is 0 Å². The van der Waals surface area contributed by atoms with Crippen molar-refractivity contribution in [2.45, 2.75) is 38.5 Å². The van der Waals surface area contributed by atoms with Crippen LogP contribution in [0.2, 0.25) is 25.7 Å². The van der Waals surface area contributed by atoms with Crippen LogP contribution in [0, 0.1) is 0 Å². The normalized spacial score (nSPS) is 12.3. The summed E-state index contributed by atoms with van der Waals surface area (Å²) in [5.41, 5.74) is 4.20. The molecular weight excluding hydrogens is 563 g/mol. The number of esters is 1. The number of hydrogen-bond acceptors (Lipinski definition) is 7. The van der Waals surface area contributed by atoms with E-state index in [0.29, 0.717) is 34.6 Å². The van der Waals surface area contributed by atoms with Gasteiger partial charge in [0.05, 0.1) is 18.3 Å². The van der Waals surface area contributed by atoms with Crippen molar-refractivity contribution in [3.63, 3.8) is 0 Å². The number of para-hydroxylation sites is 1. The van der Waals surface area contributed by atoms with E-state index in [4.69, 9.17) is 14.5 Å². The second kappa shape index (κ2) is 13.0. The number of rotatable bonds is 11. The molecule has 2 aromatic heterocycles. The molecular formula is C33H35N3O4SSi. The van der Waals surface area contributed by atoms with Gasteiger partial charge in [-0.1, -0.05) is 110 Å². The monoisotopic (exact) mass is 597 g/mol. The van der Waals surface area contributed by atoms with Crippen molar-refractivity contribution in [1.82, 2.24) is 9.55 Å². The van der Waals surface area contributed by atoms with Crippen LogP contribution in [0.3, 0.4) is 0 Å². The molecule has 0 aliphatic rings. The summed E-state index contributed by atoms with van der Waals surface area (Å²) in [6, 6.07) is 28.5. The molecule has 0 spiro atoms. The van der Waals surface area contributed by atoms with Gasteiger partial charge >= 0.3 is 5.97 Å². The fraction of sp³-hybridized carbons (Fsp3) is 0.242. The zero-order chi connectivity index (χ0) is 29.7. The second-order valence-electron chi connectivity index (χ2n) is 11.2. The maximum atomic E-state index is 12.8. The Morgan fingerprint density at radius 3 is 2.21 bits per heavy atom. The molecule has 0 aliphatic heterocycles. The average Bonchev–Trinajstić information content (AvgIpc) is 3.60. The van der Waals surface area contributed by atoms with E-state index in [9.17, 15) is 9.90 Å². The van der Waals surface area contributed by atoms with Crippen LogP contribution >= 0.6 is 11.3 Å². The molecule has 0 bridgehead atoms. The number of carbonyl (C=O) groups excluding carboxylic acids is 1. The number of fused-ring (bicyclic) bond motifs is 1. The molecule has 1 N–H and O–H groups in total. The lowest BCUT2D eigenvalue weighted by Gasteiger charge is -2.15. The van der Waals surface area contributed by atoms with Gasteiger partial charge in [-0.15, -0.1) is 0 Å². The van der Waals surface area contributed by atoms with Crippen LogP contribution in [0.4, 0.5) is 5.00 Å². The molecule has 5 aromatic rings. The molecule has 0 saturated carbocycles. The number of benzene rings is 3. The van der Waals surface area contributed by atoms with Gasteiger partial charge in [-0.3, -0.25) is 0 Å². The van der Waals surface area contributed by atoms with Crippen molar-refractivity contribution in [2.24, 2.45) is 4.99 Å². The van der Waals surface area contributed by atoms with Crippen molar-refractivity contribution in [3.05, 3.63) is 119 Å². The van der Waals surface area contributed by atoms with Gasteiger partial charge in [0.1, 0.15) is 17.8 Å². The third-order valence-electron chi connectivity index (χ3n) is 6.89. The van der Waals surface area contributed by atoms with Gasteiger partial charge < -0.3 is 19.1 Å². The summed E-state index contributed by atoms with van der Waals surface area (Å²) in [4.78, 5) is 22.4. The molecule has 1 unspecified atom stereocenters. The highest BCUT2D eigenvalue weighted by Gasteiger charge is 2.26. The predicted octanol–water partition coefficient (Wildman–Crippen LogP) is 7.45. The smallest absolute Gasteiger partial charge is 0.359 e. The van der Waals surface area contributed by atoms with E-state index >= 15 is 0 Å².